The minimum absolute atomic E-state index is 0.143. The molecule has 2 rings (SSSR count). The van der Waals surface area contributed by atoms with Gasteiger partial charge in [-0.1, -0.05) is 24.4 Å². The first-order valence-electron chi connectivity index (χ1n) is 5.21. The number of anilines is 1. The van der Waals surface area contributed by atoms with Crippen LogP contribution in [0.4, 0.5) is 5.13 Å². The van der Waals surface area contributed by atoms with Gasteiger partial charge < -0.3 is 10.4 Å². The highest BCUT2D eigenvalue weighted by Crippen LogP contribution is 2.36. The van der Waals surface area contributed by atoms with Crippen molar-refractivity contribution in [3.8, 4) is 0 Å². The van der Waals surface area contributed by atoms with Gasteiger partial charge in [-0.25, -0.2) is 4.98 Å². The molecule has 0 spiro atoms. The fourth-order valence-corrected chi connectivity index (χ4v) is 3.18. The lowest BCUT2D eigenvalue weighted by Gasteiger charge is -2.28. The molecule has 0 saturated heterocycles. The molecule has 6 heteroatoms. The lowest BCUT2D eigenvalue weighted by molar-refractivity contribution is -0.138. The van der Waals surface area contributed by atoms with Crippen molar-refractivity contribution in [3.05, 3.63) is 10.5 Å². The van der Waals surface area contributed by atoms with Gasteiger partial charge in [0.1, 0.15) is 5.15 Å². The summed E-state index contributed by atoms with van der Waals surface area (Å²) in [5.74, 6) is -0.767. The third kappa shape index (κ3) is 2.65. The third-order valence-corrected chi connectivity index (χ3v) is 3.98. The van der Waals surface area contributed by atoms with E-state index in [1.807, 2.05) is 0 Å². The maximum Gasteiger partial charge on any atom is 0.305 e. The van der Waals surface area contributed by atoms with E-state index in [1.54, 1.807) is 5.38 Å². The van der Waals surface area contributed by atoms with E-state index in [2.05, 4.69) is 10.3 Å². The average molecular weight is 261 g/mol. The molecule has 1 aromatic heterocycles. The zero-order chi connectivity index (χ0) is 11.6. The predicted octanol–water partition coefficient (Wildman–Crippen LogP) is 3.00. The molecule has 1 saturated carbocycles. The monoisotopic (exact) mass is 260 g/mol. The molecular weight excluding hydrogens is 248 g/mol. The molecule has 0 unspecified atom stereocenters. The number of aromatic nitrogens is 1. The molecule has 4 nitrogen and oxygen atoms in total. The highest BCUT2D eigenvalue weighted by Gasteiger charge is 2.36. The first kappa shape index (κ1) is 11.7. The van der Waals surface area contributed by atoms with Gasteiger partial charge in [0, 0.05) is 10.9 Å². The number of nitrogens with zero attached hydrogens (tertiary/aromatic N) is 1. The first-order valence-corrected chi connectivity index (χ1v) is 6.46. The molecule has 1 aliphatic carbocycles. The van der Waals surface area contributed by atoms with Gasteiger partial charge in [0.2, 0.25) is 0 Å². The fraction of sp³-hybridized carbons (Fsp3) is 0.600. The lowest BCUT2D eigenvalue weighted by Crippen LogP contribution is -2.37. The number of carboxylic acids is 1. The van der Waals surface area contributed by atoms with Crippen LogP contribution in [-0.2, 0) is 4.79 Å². The van der Waals surface area contributed by atoms with Crippen LogP contribution in [0.2, 0.25) is 5.15 Å². The summed E-state index contributed by atoms with van der Waals surface area (Å²) in [6.07, 6.45) is 4.05. The summed E-state index contributed by atoms with van der Waals surface area (Å²) in [4.78, 5) is 15.0. The number of aliphatic carboxylic acids is 1. The van der Waals surface area contributed by atoms with Crippen LogP contribution in [0.5, 0.6) is 0 Å². The van der Waals surface area contributed by atoms with E-state index in [4.69, 9.17) is 16.7 Å². The molecule has 1 heterocycles. The number of carboxylic acid groups (broad SMARTS) is 1. The van der Waals surface area contributed by atoms with Gasteiger partial charge in [-0.2, -0.15) is 0 Å². The maximum absolute atomic E-state index is 10.9. The Morgan fingerprint density at radius 3 is 2.81 bits per heavy atom. The van der Waals surface area contributed by atoms with E-state index in [9.17, 15) is 4.79 Å². The molecule has 1 aromatic rings. The number of hydrogen-bond acceptors (Lipinski definition) is 4. The van der Waals surface area contributed by atoms with Crippen LogP contribution in [0.3, 0.4) is 0 Å². The Labute approximate surface area is 103 Å². The van der Waals surface area contributed by atoms with Crippen LogP contribution in [0.25, 0.3) is 0 Å². The van der Waals surface area contributed by atoms with Gasteiger partial charge in [-0.05, 0) is 12.8 Å². The van der Waals surface area contributed by atoms with Crippen molar-refractivity contribution in [3.63, 3.8) is 0 Å². The van der Waals surface area contributed by atoms with Crippen molar-refractivity contribution < 1.29 is 9.90 Å². The predicted molar refractivity (Wildman–Crippen MR) is 64.2 cm³/mol. The normalized spacial score (nSPS) is 18.6. The topological polar surface area (TPSA) is 62.2 Å². The summed E-state index contributed by atoms with van der Waals surface area (Å²) in [6, 6.07) is 0. The van der Waals surface area contributed by atoms with E-state index in [-0.39, 0.29) is 12.0 Å². The number of thiazole rings is 1. The Morgan fingerprint density at radius 1 is 1.62 bits per heavy atom. The van der Waals surface area contributed by atoms with Crippen molar-refractivity contribution in [2.24, 2.45) is 0 Å². The molecule has 0 atom stereocenters. The molecule has 1 aliphatic rings. The van der Waals surface area contributed by atoms with Crippen molar-refractivity contribution in [2.75, 3.05) is 5.32 Å². The number of carbonyl (C=O) groups is 1. The number of nitrogens with one attached hydrogen (secondary N) is 1. The van der Waals surface area contributed by atoms with Crippen molar-refractivity contribution in [2.45, 2.75) is 37.6 Å². The molecule has 2 N–H and O–H groups in total. The largest absolute Gasteiger partial charge is 0.481 e. The third-order valence-electron chi connectivity index (χ3n) is 2.90. The van der Waals surface area contributed by atoms with E-state index in [1.165, 1.54) is 11.3 Å². The molecule has 88 valence electrons. The average Bonchev–Trinajstić information content (AvgIpc) is 2.76. The molecule has 0 radical (unpaired) electrons. The lowest BCUT2D eigenvalue weighted by atomic mass is 9.93. The fourth-order valence-electron chi connectivity index (χ4n) is 2.23. The Kier molecular flexibility index (Phi) is 3.35. The highest BCUT2D eigenvalue weighted by molar-refractivity contribution is 7.14. The standard InChI is InChI=1S/C10H13ClN2O2S/c11-7-6-16-9(12-7)13-10(5-8(14)15)3-1-2-4-10/h6H,1-5H2,(H,12,13)(H,14,15). The van der Waals surface area contributed by atoms with Crippen molar-refractivity contribution in [1.82, 2.24) is 4.98 Å². The molecule has 0 aliphatic heterocycles. The van der Waals surface area contributed by atoms with Crippen LogP contribution >= 0.6 is 22.9 Å². The molecule has 16 heavy (non-hydrogen) atoms. The minimum Gasteiger partial charge on any atom is -0.481 e. The first-order chi connectivity index (χ1) is 7.60. The number of hydrogen-bond donors (Lipinski definition) is 2. The zero-order valence-corrected chi connectivity index (χ0v) is 10.3. The van der Waals surface area contributed by atoms with Crippen molar-refractivity contribution >= 4 is 34.0 Å². The quantitative estimate of drug-likeness (QED) is 0.874. The summed E-state index contributed by atoms with van der Waals surface area (Å²) in [5, 5.41) is 15.1. The Hall–Kier alpha value is -0.810. The van der Waals surface area contributed by atoms with Crippen molar-refractivity contribution in [1.29, 1.82) is 0 Å². The molecule has 0 aromatic carbocycles. The van der Waals surface area contributed by atoms with E-state index < -0.39 is 5.97 Å². The van der Waals surface area contributed by atoms with Gasteiger partial charge in [0.15, 0.2) is 5.13 Å². The maximum atomic E-state index is 10.9. The summed E-state index contributed by atoms with van der Waals surface area (Å²) >= 11 is 7.15. The summed E-state index contributed by atoms with van der Waals surface area (Å²) in [5.41, 5.74) is -0.326. The van der Waals surface area contributed by atoms with E-state index in [0.717, 1.165) is 25.7 Å². The summed E-state index contributed by atoms with van der Waals surface area (Å²) in [7, 11) is 0. The van der Waals surface area contributed by atoms with Crippen LogP contribution in [0.15, 0.2) is 5.38 Å². The molecule has 0 amide bonds. The second kappa shape index (κ2) is 4.59. The highest BCUT2D eigenvalue weighted by atomic mass is 35.5. The summed E-state index contributed by atoms with van der Waals surface area (Å²) in [6.45, 7) is 0. The molecule has 1 fully saturated rings. The second-order valence-corrected chi connectivity index (χ2v) is 5.40. The van der Waals surface area contributed by atoms with Gasteiger partial charge in [-0.3, -0.25) is 4.79 Å². The van der Waals surface area contributed by atoms with Crippen LogP contribution < -0.4 is 5.32 Å². The van der Waals surface area contributed by atoms with Gasteiger partial charge in [-0.15, -0.1) is 11.3 Å². The van der Waals surface area contributed by atoms with Gasteiger partial charge in [0.05, 0.1) is 6.42 Å². The molecule has 0 bridgehead atoms. The summed E-state index contributed by atoms with van der Waals surface area (Å²) < 4.78 is 0. The van der Waals surface area contributed by atoms with Crippen LogP contribution in [0.1, 0.15) is 32.1 Å². The number of rotatable bonds is 4. The van der Waals surface area contributed by atoms with Gasteiger partial charge >= 0.3 is 5.97 Å². The Balaban J connectivity index is 2.10. The van der Waals surface area contributed by atoms with Crippen LogP contribution in [-0.4, -0.2) is 21.6 Å². The van der Waals surface area contributed by atoms with E-state index in [0.29, 0.717) is 10.3 Å². The van der Waals surface area contributed by atoms with Gasteiger partial charge in [0.25, 0.3) is 0 Å². The second-order valence-electron chi connectivity index (χ2n) is 4.16. The zero-order valence-electron chi connectivity index (χ0n) is 8.70. The minimum atomic E-state index is -0.767. The van der Waals surface area contributed by atoms with E-state index >= 15 is 0 Å². The van der Waals surface area contributed by atoms with Crippen LogP contribution in [0, 0.1) is 0 Å². The number of halogens is 1. The Morgan fingerprint density at radius 2 is 2.31 bits per heavy atom. The SMILES string of the molecule is O=C(O)CC1(Nc2nc(Cl)cs2)CCCC1. The molecular formula is C10H13ClN2O2S. The Bertz CT molecular complexity index is 388. The smallest absolute Gasteiger partial charge is 0.305 e.